The maximum absolute atomic E-state index is 13.1. The molecular weight excluding hydrogens is 1210 g/mol. The van der Waals surface area contributed by atoms with Crippen molar-refractivity contribution in [2.24, 2.45) is 5.92 Å². The number of ether oxygens (including phenoxy) is 4. The second kappa shape index (κ2) is 66.3. The fourth-order valence-electron chi connectivity index (χ4n) is 11.2. The number of rotatable bonds is 73. The van der Waals surface area contributed by atoms with E-state index in [9.17, 15) is 43.2 Å². The van der Waals surface area contributed by atoms with Gasteiger partial charge < -0.3 is 33.8 Å². The molecule has 0 fully saturated rings. The summed E-state index contributed by atoms with van der Waals surface area (Å²) in [5.41, 5.74) is 0. The maximum atomic E-state index is 13.1. The van der Waals surface area contributed by atoms with Gasteiger partial charge in [0.2, 0.25) is 0 Å². The smallest absolute Gasteiger partial charge is 0.462 e. The van der Waals surface area contributed by atoms with Gasteiger partial charge in [0.25, 0.3) is 0 Å². The highest BCUT2D eigenvalue weighted by Gasteiger charge is 2.30. The molecule has 0 spiro atoms. The maximum Gasteiger partial charge on any atom is 0.472 e. The van der Waals surface area contributed by atoms with Crippen LogP contribution in [0, 0.1) is 5.92 Å². The highest BCUT2D eigenvalue weighted by Crippen LogP contribution is 2.45. The van der Waals surface area contributed by atoms with Crippen LogP contribution in [0.15, 0.2) is 0 Å². The van der Waals surface area contributed by atoms with Gasteiger partial charge in [-0.15, -0.1) is 0 Å². The van der Waals surface area contributed by atoms with Crippen LogP contribution in [0.3, 0.4) is 0 Å². The van der Waals surface area contributed by atoms with Crippen LogP contribution in [0.4, 0.5) is 0 Å². The number of unbranched alkanes of at least 4 members (excludes halogenated alkanes) is 45. The van der Waals surface area contributed by atoms with Crippen LogP contribution in [-0.2, 0) is 65.4 Å². The Labute approximate surface area is 562 Å². The van der Waals surface area contributed by atoms with Crippen LogP contribution in [0.1, 0.15) is 381 Å². The minimum absolute atomic E-state index is 0.108. The van der Waals surface area contributed by atoms with Crippen LogP contribution < -0.4 is 0 Å². The molecule has 0 aromatic heterocycles. The summed E-state index contributed by atoms with van der Waals surface area (Å²) in [5.74, 6) is -1.31. The van der Waals surface area contributed by atoms with Gasteiger partial charge in [-0.05, 0) is 31.6 Å². The van der Waals surface area contributed by atoms with E-state index < -0.39 is 97.5 Å². The topological polar surface area (TPSA) is 237 Å². The third-order valence-corrected chi connectivity index (χ3v) is 18.9. The number of phosphoric ester groups is 2. The number of phosphoric acid groups is 2. The van der Waals surface area contributed by atoms with Crippen LogP contribution >= 0.6 is 15.6 Å². The number of aliphatic hydroxyl groups is 1. The van der Waals surface area contributed by atoms with Gasteiger partial charge >= 0.3 is 39.5 Å². The van der Waals surface area contributed by atoms with Gasteiger partial charge in [-0.1, -0.05) is 330 Å². The Morgan fingerprint density at radius 1 is 0.293 bits per heavy atom. The lowest BCUT2D eigenvalue weighted by Crippen LogP contribution is -2.30. The number of aliphatic hydroxyl groups excluding tert-OH is 1. The van der Waals surface area contributed by atoms with Crippen molar-refractivity contribution in [3.05, 3.63) is 0 Å². The van der Waals surface area contributed by atoms with Gasteiger partial charge in [-0.2, -0.15) is 0 Å². The summed E-state index contributed by atoms with van der Waals surface area (Å²) in [6.07, 6.45) is 53.9. The first-order valence-corrected chi connectivity index (χ1v) is 41.1. The van der Waals surface area contributed by atoms with Gasteiger partial charge in [-0.3, -0.25) is 37.3 Å². The second-order valence-electron chi connectivity index (χ2n) is 26.8. The molecule has 5 atom stereocenters. The molecule has 0 heterocycles. The average Bonchev–Trinajstić information content (AvgIpc) is 3.31. The highest BCUT2D eigenvalue weighted by atomic mass is 31.2. The summed E-state index contributed by atoms with van der Waals surface area (Å²) in [6, 6.07) is 0. The van der Waals surface area contributed by atoms with Crippen molar-refractivity contribution in [2.45, 2.75) is 400 Å². The SMILES string of the molecule is CCCCCCCCCCCCCCC(=O)OC[C@H](COP(=O)(O)OC[C@@H](O)COP(=O)(O)OC[C@@H](COC(=O)CCCCCCCCCCCC)OC(=O)CCCCCCCCCCCCCC)OC(=O)CCCCCCCCCCCCCCCCCC(C)C. The summed E-state index contributed by atoms with van der Waals surface area (Å²) in [6.45, 7) is 7.29. The molecule has 0 radical (unpaired) electrons. The first kappa shape index (κ1) is 90.1. The third-order valence-electron chi connectivity index (χ3n) is 17.0. The van der Waals surface area contributed by atoms with E-state index in [1.165, 1.54) is 205 Å². The van der Waals surface area contributed by atoms with Gasteiger partial charge in [0.15, 0.2) is 12.2 Å². The molecule has 0 bridgehead atoms. The lowest BCUT2D eigenvalue weighted by atomic mass is 10.0. The summed E-state index contributed by atoms with van der Waals surface area (Å²) in [4.78, 5) is 72.6. The highest BCUT2D eigenvalue weighted by molar-refractivity contribution is 7.47. The Bertz CT molecular complexity index is 1770. The number of hydrogen-bond donors (Lipinski definition) is 3. The van der Waals surface area contributed by atoms with Gasteiger partial charge in [0.05, 0.1) is 26.4 Å². The quantitative estimate of drug-likeness (QED) is 0.0222. The zero-order valence-corrected chi connectivity index (χ0v) is 61.5. The summed E-state index contributed by atoms with van der Waals surface area (Å²) in [5, 5.41) is 10.6. The molecule has 0 aromatic carbocycles. The third kappa shape index (κ3) is 66.7. The average molecular weight is 1350 g/mol. The van der Waals surface area contributed by atoms with E-state index in [-0.39, 0.29) is 25.7 Å². The molecular formula is C73H142O17P2. The van der Waals surface area contributed by atoms with Gasteiger partial charge in [-0.25, -0.2) is 9.13 Å². The predicted molar refractivity (Wildman–Crippen MR) is 372 cm³/mol. The molecule has 92 heavy (non-hydrogen) atoms. The van der Waals surface area contributed by atoms with E-state index in [1.807, 2.05) is 0 Å². The van der Waals surface area contributed by atoms with Crippen LogP contribution in [0.25, 0.3) is 0 Å². The van der Waals surface area contributed by atoms with Crippen molar-refractivity contribution < 1.29 is 80.2 Å². The Morgan fingerprint density at radius 3 is 0.739 bits per heavy atom. The zero-order chi connectivity index (χ0) is 67.7. The molecule has 3 N–H and O–H groups in total. The zero-order valence-electron chi connectivity index (χ0n) is 59.7. The molecule has 0 aliphatic heterocycles. The monoisotopic (exact) mass is 1350 g/mol. The number of carbonyl (C=O) groups is 4. The summed E-state index contributed by atoms with van der Waals surface area (Å²) >= 11 is 0. The number of esters is 4. The number of carbonyl (C=O) groups excluding carboxylic acids is 4. The van der Waals surface area contributed by atoms with Crippen molar-refractivity contribution in [1.82, 2.24) is 0 Å². The fourth-order valence-corrected chi connectivity index (χ4v) is 12.8. The molecule has 0 saturated heterocycles. The van der Waals surface area contributed by atoms with Crippen molar-refractivity contribution >= 4 is 39.5 Å². The Balaban J connectivity index is 5.22. The Hall–Kier alpha value is -1.94. The van der Waals surface area contributed by atoms with Crippen LogP contribution in [-0.4, -0.2) is 96.7 Å². The first-order valence-electron chi connectivity index (χ1n) is 38.1. The summed E-state index contributed by atoms with van der Waals surface area (Å²) in [7, 11) is -9.90. The molecule has 0 aromatic rings. The van der Waals surface area contributed by atoms with E-state index >= 15 is 0 Å². The lowest BCUT2D eigenvalue weighted by Gasteiger charge is -2.21. The van der Waals surface area contributed by atoms with E-state index in [1.54, 1.807) is 0 Å². The minimum Gasteiger partial charge on any atom is -0.462 e. The number of hydrogen-bond acceptors (Lipinski definition) is 15. The normalized spacial score (nSPS) is 14.0. The van der Waals surface area contributed by atoms with Crippen molar-refractivity contribution in [3.63, 3.8) is 0 Å². The first-order chi connectivity index (χ1) is 44.5. The van der Waals surface area contributed by atoms with Crippen molar-refractivity contribution in [2.75, 3.05) is 39.6 Å². The largest absolute Gasteiger partial charge is 0.472 e. The summed E-state index contributed by atoms with van der Waals surface area (Å²) < 4.78 is 68.4. The molecule has 0 saturated carbocycles. The van der Waals surface area contributed by atoms with E-state index in [4.69, 9.17) is 37.0 Å². The molecule has 0 rings (SSSR count). The van der Waals surface area contributed by atoms with E-state index in [0.29, 0.717) is 25.7 Å². The molecule has 17 nitrogen and oxygen atoms in total. The van der Waals surface area contributed by atoms with E-state index in [2.05, 4.69) is 34.6 Å². The van der Waals surface area contributed by atoms with Crippen LogP contribution in [0.5, 0.6) is 0 Å². The van der Waals surface area contributed by atoms with E-state index in [0.717, 1.165) is 95.8 Å². The fraction of sp³-hybridized carbons (Fsp3) is 0.945. The molecule has 0 aliphatic rings. The van der Waals surface area contributed by atoms with Gasteiger partial charge in [0, 0.05) is 25.7 Å². The molecule has 0 aliphatic carbocycles. The van der Waals surface area contributed by atoms with Crippen molar-refractivity contribution in [1.29, 1.82) is 0 Å². The molecule has 2 unspecified atom stereocenters. The minimum atomic E-state index is -4.95. The van der Waals surface area contributed by atoms with Crippen LogP contribution in [0.2, 0.25) is 0 Å². The standard InChI is InChI=1S/C73H142O17P2/c1-6-9-12-15-18-21-24-32-37-42-47-52-57-71(76)84-63-69(90-73(78)59-54-49-44-39-34-30-28-26-27-29-31-35-40-45-50-55-66(4)5)65-88-92(81,82)86-61-67(74)60-85-91(79,80)87-64-68(62-83-70(75)56-51-46-41-36-23-20-17-14-11-8-3)89-72(77)58-53-48-43-38-33-25-22-19-16-13-10-7-2/h66-69,74H,6-65H2,1-5H3,(H,79,80)(H,81,82)/t67-,68+,69+/m0/s1. The molecule has 0 amide bonds. The Kier molecular flexibility index (Phi) is 64.9. The lowest BCUT2D eigenvalue weighted by molar-refractivity contribution is -0.161. The molecule has 19 heteroatoms. The van der Waals surface area contributed by atoms with Crippen molar-refractivity contribution in [3.8, 4) is 0 Å². The van der Waals surface area contributed by atoms with Gasteiger partial charge in [0.1, 0.15) is 19.3 Å². The molecule has 546 valence electrons. The predicted octanol–water partition coefficient (Wildman–Crippen LogP) is 21.3. The second-order valence-corrected chi connectivity index (χ2v) is 29.7. The Morgan fingerprint density at radius 2 is 0.500 bits per heavy atom.